The van der Waals surface area contributed by atoms with E-state index < -0.39 is 15.9 Å². The van der Waals surface area contributed by atoms with E-state index in [9.17, 15) is 13.2 Å². The van der Waals surface area contributed by atoms with Crippen molar-refractivity contribution in [2.45, 2.75) is 6.92 Å². The number of hydrogen-bond acceptors (Lipinski definition) is 4. The van der Waals surface area contributed by atoms with Gasteiger partial charge in [-0.1, -0.05) is 11.6 Å². The number of aryl methyl sites for hydroxylation is 1. The van der Waals surface area contributed by atoms with Crippen molar-refractivity contribution in [1.29, 1.82) is 5.26 Å². The van der Waals surface area contributed by atoms with Crippen molar-refractivity contribution in [3.8, 4) is 6.07 Å². The van der Waals surface area contributed by atoms with Crippen LogP contribution in [0.2, 0.25) is 5.02 Å². The number of anilines is 2. The van der Waals surface area contributed by atoms with Crippen molar-refractivity contribution in [2.24, 2.45) is 0 Å². The fourth-order valence-corrected chi connectivity index (χ4v) is 3.38. The Balaban J connectivity index is 2.22. The number of nitrogens with one attached hydrogen (secondary N) is 1. The minimum absolute atomic E-state index is 0.374. The number of sulfonamides is 1. The Morgan fingerprint density at radius 1 is 1.24 bits per heavy atom. The highest BCUT2D eigenvalue weighted by atomic mass is 35.5. The summed E-state index contributed by atoms with van der Waals surface area (Å²) in [5, 5.41) is 11.9. The maximum atomic E-state index is 12.3. The Kier molecular flexibility index (Phi) is 5.67. The highest BCUT2D eigenvalue weighted by Crippen LogP contribution is 2.25. The number of carbonyl (C=O) groups excluding carboxylic acids is 1. The Bertz CT molecular complexity index is 935. The Hall–Kier alpha value is -2.56. The molecule has 0 aliphatic carbocycles. The number of halogens is 1. The smallest absolute Gasteiger partial charge is 0.245 e. The zero-order valence-corrected chi connectivity index (χ0v) is 15.2. The highest BCUT2D eigenvalue weighted by Gasteiger charge is 2.22. The van der Waals surface area contributed by atoms with Gasteiger partial charge in [-0.15, -0.1) is 0 Å². The normalized spacial score (nSPS) is 10.8. The van der Waals surface area contributed by atoms with Gasteiger partial charge in [0.1, 0.15) is 6.54 Å². The van der Waals surface area contributed by atoms with Crippen molar-refractivity contribution >= 4 is 38.9 Å². The molecule has 0 spiro atoms. The Morgan fingerprint density at radius 2 is 1.88 bits per heavy atom. The molecule has 0 aromatic heterocycles. The molecular formula is C17H16ClN3O3S. The summed E-state index contributed by atoms with van der Waals surface area (Å²) >= 11 is 5.90. The van der Waals surface area contributed by atoms with Gasteiger partial charge >= 0.3 is 0 Å². The molecule has 0 unspecified atom stereocenters. The number of nitrogens with zero attached hydrogens (tertiary/aromatic N) is 2. The van der Waals surface area contributed by atoms with Gasteiger partial charge in [-0.3, -0.25) is 9.10 Å². The van der Waals surface area contributed by atoms with E-state index in [2.05, 4.69) is 5.32 Å². The Labute approximate surface area is 151 Å². The van der Waals surface area contributed by atoms with Crippen LogP contribution in [0.3, 0.4) is 0 Å². The second-order valence-electron chi connectivity index (χ2n) is 5.44. The molecule has 6 nitrogen and oxygen atoms in total. The number of hydrogen-bond donors (Lipinski definition) is 1. The molecule has 2 rings (SSSR count). The molecule has 0 bridgehead atoms. The van der Waals surface area contributed by atoms with Gasteiger partial charge in [0.05, 0.1) is 23.6 Å². The maximum Gasteiger partial charge on any atom is 0.245 e. The zero-order chi connectivity index (χ0) is 18.6. The summed E-state index contributed by atoms with van der Waals surface area (Å²) in [5.74, 6) is -0.496. The largest absolute Gasteiger partial charge is 0.325 e. The second kappa shape index (κ2) is 7.55. The summed E-state index contributed by atoms with van der Waals surface area (Å²) in [4.78, 5) is 12.3. The molecule has 8 heteroatoms. The summed E-state index contributed by atoms with van der Waals surface area (Å²) in [6.45, 7) is 1.35. The van der Waals surface area contributed by atoms with Crippen LogP contribution in [-0.2, 0) is 14.8 Å². The minimum Gasteiger partial charge on any atom is -0.325 e. The predicted molar refractivity (Wildman–Crippen MR) is 98.2 cm³/mol. The maximum absolute atomic E-state index is 12.3. The van der Waals surface area contributed by atoms with Crippen LogP contribution >= 0.6 is 11.6 Å². The van der Waals surface area contributed by atoms with Gasteiger partial charge in [0, 0.05) is 10.7 Å². The lowest BCUT2D eigenvalue weighted by Gasteiger charge is -2.23. The number of benzene rings is 2. The fourth-order valence-electron chi connectivity index (χ4n) is 2.24. The molecule has 0 heterocycles. The van der Waals surface area contributed by atoms with Crippen molar-refractivity contribution in [3.63, 3.8) is 0 Å². The average Bonchev–Trinajstić information content (AvgIpc) is 2.53. The molecule has 0 radical (unpaired) electrons. The molecular weight excluding hydrogens is 362 g/mol. The summed E-state index contributed by atoms with van der Waals surface area (Å²) < 4.78 is 25.3. The van der Waals surface area contributed by atoms with Gasteiger partial charge in [-0.05, 0) is 55.0 Å². The van der Waals surface area contributed by atoms with Crippen molar-refractivity contribution in [3.05, 3.63) is 58.6 Å². The first-order chi connectivity index (χ1) is 11.7. The molecule has 0 fully saturated rings. The van der Waals surface area contributed by atoms with Crippen LogP contribution in [0.15, 0.2) is 42.5 Å². The van der Waals surface area contributed by atoms with Crippen molar-refractivity contribution < 1.29 is 13.2 Å². The van der Waals surface area contributed by atoms with Crippen molar-refractivity contribution in [2.75, 3.05) is 22.4 Å². The van der Waals surface area contributed by atoms with E-state index in [0.717, 1.165) is 10.6 Å². The zero-order valence-electron chi connectivity index (χ0n) is 13.7. The summed E-state index contributed by atoms with van der Waals surface area (Å²) in [6.07, 6.45) is 1.04. The molecule has 0 saturated carbocycles. The molecule has 0 aliphatic rings. The molecule has 0 aliphatic heterocycles. The van der Waals surface area contributed by atoms with Crippen LogP contribution in [0.4, 0.5) is 11.4 Å². The van der Waals surface area contributed by atoms with E-state index >= 15 is 0 Å². The van der Waals surface area contributed by atoms with Gasteiger partial charge in [0.25, 0.3) is 0 Å². The van der Waals surface area contributed by atoms with E-state index in [0.29, 0.717) is 27.5 Å². The van der Waals surface area contributed by atoms with E-state index in [-0.39, 0.29) is 6.54 Å². The summed E-state index contributed by atoms with van der Waals surface area (Å²) in [5.41, 5.74) is 1.98. The van der Waals surface area contributed by atoms with Gasteiger partial charge in [0.2, 0.25) is 15.9 Å². The minimum atomic E-state index is -3.66. The quantitative estimate of drug-likeness (QED) is 0.867. The number of amides is 1. The molecule has 1 amide bonds. The molecule has 0 atom stereocenters. The van der Waals surface area contributed by atoms with E-state index in [4.69, 9.17) is 16.9 Å². The highest BCUT2D eigenvalue weighted by molar-refractivity contribution is 7.92. The number of rotatable bonds is 5. The van der Waals surface area contributed by atoms with Gasteiger partial charge in [-0.25, -0.2) is 8.42 Å². The monoisotopic (exact) mass is 377 g/mol. The van der Waals surface area contributed by atoms with E-state index in [1.165, 1.54) is 0 Å². The third-order valence-corrected chi connectivity index (χ3v) is 4.77. The first-order valence-corrected chi connectivity index (χ1v) is 9.47. The van der Waals surface area contributed by atoms with Crippen LogP contribution in [-0.4, -0.2) is 27.1 Å². The molecule has 130 valence electrons. The fraction of sp³-hybridized carbons (Fsp3) is 0.176. The van der Waals surface area contributed by atoms with Crippen LogP contribution in [0.25, 0.3) is 0 Å². The lowest BCUT2D eigenvalue weighted by Crippen LogP contribution is -2.37. The Morgan fingerprint density at radius 3 is 2.40 bits per heavy atom. The lowest BCUT2D eigenvalue weighted by atomic mass is 10.2. The second-order valence-corrected chi connectivity index (χ2v) is 7.78. The molecule has 2 aromatic carbocycles. The van der Waals surface area contributed by atoms with Gasteiger partial charge in [-0.2, -0.15) is 5.26 Å². The van der Waals surface area contributed by atoms with Crippen LogP contribution in [0, 0.1) is 18.3 Å². The van der Waals surface area contributed by atoms with Crippen LogP contribution in [0.1, 0.15) is 11.1 Å². The van der Waals surface area contributed by atoms with E-state index in [1.807, 2.05) is 6.07 Å². The van der Waals surface area contributed by atoms with Gasteiger partial charge in [0.15, 0.2) is 0 Å². The SMILES string of the molecule is Cc1cc(Cl)ccc1N(CC(=O)Nc1ccc(C#N)cc1)S(C)(=O)=O. The first kappa shape index (κ1) is 18.8. The standard InChI is InChI=1S/C17H16ClN3O3S/c1-12-9-14(18)5-8-16(12)21(25(2,23)24)11-17(22)20-15-6-3-13(10-19)4-7-15/h3-9H,11H2,1-2H3,(H,20,22). The summed E-state index contributed by atoms with van der Waals surface area (Å²) in [7, 11) is -3.66. The van der Waals surface area contributed by atoms with Crippen LogP contribution < -0.4 is 9.62 Å². The molecule has 0 saturated heterocycles. The third-order valence-electron chi connectivity index (χ3n) is 3.41. The summed E-state index contributed by atoms with van der Waals surface area (Å²) in [6, 6.07) is 13.0. The predicted octanol–water partition coefficient (Wildman–Crippen LogP) is 2.92. The van der Waals surface area contributed by atoms with Gasteiger partial charge < -0.3 is 5.32 Å². The lowest BCUT2D eigenvalue weighted by molar-refractivity contribution is -0.114. The topological polar surface area (TPSA) is 90.3 Å². The molecule has 25 heavy (non-hydrogen) atoms. The van der Waals surface area contributed by atoms with Crippen LogP contribution in [0.5, 0.6) is 0 Å². The first-order valence-electron chi connectivity index (χ1n) is 7.24. The molecule has 1 N–H and O–H groups in total. The van der Waals surface area contributed by atoms with E-state index in [1.54, 1.807) is 49.4 Å². The van der Waals surface area contributed by atoms with Crippen molar-refractivity contribution in [1.82, 2.24) is 0 Å². The third kappa shape index (κ3) is 4.95. The number of carbonyl (C=O) groups is 1. The molecule has 2 aromatic rings. The average molecular weight is 378 g/mol. The number of nitriles is 1.